The second-order valence-electron chi connectivity index (χ2n) is 5.33. The van der Waals surface area contributed by atoms with Crippen molar-refractivity contribution in [2.45, 2.75) is 58.0 Å². The van der Waals surface area contributed by atoms with Gasteiger partial charge in [-0.25, -0.2) is 4.79 Å². The maximum Gasteiger partial charge on any atom is 0.339 e. The minimum atomic E-state index is -0.695. The molecule has 3 heteroatoms. The number of carbonyl (C=O) groups is 1. The number of aliphatic hydroxyl groups excluding tert-OH is 1. The van der Waals surface area contributed by atoms with E-state index in [1.807, 2.05) is 26.0 Å². The third kappa shape index (κ3) is 2.18. The van der Waals surface area contributed by atoms with Crippen LogP contribution in [0.15, 0.2) is 23.5 Å². The summed E-state index contributed by atoms with van der Waals surface area (Å²) in [5, 5.41) is 10.4. The Morgan fingerprint density at radius 2 is 2.06 bits per heavy atom. The minimum absolute atomic E-state index is 0.0706. The first-order valence-electron chi connectivity index (χ1n) is 6.94. The van der Waals surface area contributed by atoms with Crippen molar-refractivity contribution >= 4 is 5.97 Å². The molecule has 0 radical (unpaired) electrons. The van der Waals surface area contributed by atoms with Gasteiger partial charge in [0.25, 0.3) is 0 Å². The summed E-state index contributed by atoms with van der Waals surface area (Å²) >= 11 is 0. The molecule has 100 valence electrons. The van der Waals surface area contributed by atoms with Crippen LogP contribution in [0.5, 0.6) is 0 Å². The molecule has 0 amide bonds. The van der Waals surface area contributed by atoms with Gasteiger partial charge in [0, 0.05) is 5.92 Å². The number of ether oxygens (including phenoxy) is 1. The largest absolute Gasteiger partial charge is 0.507 e. The summed E-state index contributed by atoms with van der Waals surface area (Å²) in [5.74, 6) is -0.207. The smallest absolute Gasteiger partial charge is 0.339 e. The highest BCUT2D eigenvalue weighted by atomic mass is 16.6. The maximum absolute atomic E-state index is 12.0. The molecule has 1 heterocycles. The molecule has 1 spiro atoms. The molecule has 1 atom stereocenters. The van der Waals surface area contributed by atoms with Gasteiger partial charge in [0.05, 0.1) is 5.57 Å². The minimum Gasteiger partial charge on any atom is -0.507 e. The number of hydrogen-bond acceptors (Lipinski definition) is 3. The van der Waals surface area contributed by atoms with E-state index < -0.39 is 5.60 Å². The van der Waals surface area contributed by atoms with E-state index in [-0.39, 0.29) is 17.6 Å². The van der Waals surface area contributed by atoms with E-state index in [2.05, 4.69) is 0 Å². The number of carbonyl (C=O) groups excluding carboxylic acids is 1. The van der Waals surface area contributed by atoms with Crippen molar-refractivity contribution in [3.63, 3.8) is 0 Å². The van der Waals surface area contributed by atoms with E-state index >= 15 is 0 Å². The molecule has 0 aromatic carbocycles. The Morgan fingerprint density at radius 3 is 2.67 bits per heavy atom. The topological polar surface area (TPSA) is 46.5 Å². The quantitative estimate of drug-likeness (QED) is 0.614. The van der Waals surface area contributed by atoms with Gasteiger partial charge in [-0.1, -0.05) is 32.4 Å². The Balaban J connectivity index is 2.27. The third-order valence-electron chi connectivity index (χ3n) is 3.97. The summed E-state index contributed by atoms with van der Waals surface area (Å²) < 4.78 is 5.52. The van der Waals surface area contributed by atoms with Crippen molar-refractivity contribution in [1.29, 1.82) is 0 Å². The average Bonchev–Trinajstić information content (AvgIpc) is 2.59. The molecular weight excluding hydrogens is 228 g/mol. The number of rotatable bonds is 3. The molecule has 0 bridgehead atoms. The molecule has 1 N–H and O–H groups in total. The standard InChI is InChI=1S/C15H22O3/c1-3-4-8-11(2)12-13(16)15(18-14(12)17)9-6-5-7-10-15/h4,8,11,16H,3,5-7,9-10H2,1-2H3/b8-4+. The van der Waals surface area contributed by atoms with Gasteiger partial charge in [0.15, 0.2) is 5.60 Å². The van der Waals surface area contributed by atoms with Crippen LogP contribution in [0.3, 0.4) is 0 Å². The summed E-state index contributed by atoms with van der Waals surface area (Å²) in [4.78, 5) is 12.0. The van der Waals surface area contributed by atoms with Gasteiger partial charge in [-0.3, -0.25) is 0 Å². The van der Waals surface area contributed by atoms with Crippen LogP contribution in [-0.4, -0.2) is 16.7 Å². The Bertz CT molecular complexity index is 387. The molecular formula is C15H22O3. The zero-order valence-electron chi connectivity index (χ0n) is 11.2. The molecule has 1 unspecified atom stereocenters. The molecule has 2 rings (SSSR count). The highest BCUT2D eigenvalue weighted by Gasteiger charge is 2.49. The van der Waals surface area contributed by atoms with Crippen LogP contribution in [0.2, 0.25) is 0 Å². The lowest BCUT2D eigenvalue weighted by Crippen LogP contribution is -2.34. The molecule has 0 saturated heterocycles. The Morgan fingerprint density at radius 1 is 1.39 bits per heavy atom. The fourth-order valence-corrected chi connectivity index (χ4v) is 2.92. The lowest BCUT2D eigenvalue weighted by molar-refractivity contribution is -0.151. The molecule has 1 fully saturated rings. The van der Waals surface area contributed by atoms with Gasteiger partial charge in [-0.2, -0.15) is 0 Å². The predicted octanol–water partition coefficient (Wildman–Crippen LogP) is 3.66. The van der Waals surface area contributed by atoms with Crippen LogP contribution >= 0.6 is 0 Å². The van der Waals surface area contributed by atoms with Gasteiger partial charge in [0.1, 0.15) is 5.76 Å². The highest BCUT2D eigenvalue weighted by molar-refractivity contribution is 5.93. The molecule has 1 saturated carbocycles. The number of esters is 1. The lowest BCUT2D eigenvalue weighted by atomic mass is 9.82. The first kappa shape index (κ1) is 13.2. The van der Waals surface area contributed by atoms with Gasteiger partial charge in [-0.15, -0.1) is 0 Å². The fraction of sp³-hybridized carbons (Fsp3) is 0.667. The van der Waals surface area contributed by atoms with E-state index in [0.717, 1.165) is 38.5 Å². The third-order valence-corrected chi connectivity index (χ3v) is 3.97. The molecule has 2 aliphatic rings. The van der Waals surface area contributed by atoms with Crippen LogP contribution in [0.4, 0.5) is 0 Å². The summed E-state index contributed by atoms with van der Waals surface area (Å²) in [6.45, 7) is 3.98. The van der Waals surface area contributed by atoms with Crippen molar-refractivity contribution in [1.82, 2.24) is 0 Å². The van der Waals surface area contributed by atoms with E-state index in [1.165, 1.54) is 0 Å². The number of aliphatic hydroxyl groups is 1. The molecule has 0 aromatic heterocycles. The summed E-state index contributed by atoms with van der Waals surface area (Å²) in [5.41, 5.74) is -0.236. The van der Waals surface area contributed by atoms with E-state index in [4.69, 9.17) is 4.74 Å². The lowest BCUT2D eigenvalue weighted by Gasteiger charge is -2.31. The Hall–Kier alpha value is -1.25. The molecule has 1 aliphatic carbocycles. The van der Waals surface area contributed by atoms with Crippen LogP contribution in [0.1, 0.15) is 52.4 Å². The van der Waals surface area contributed by atoms with Crippen LogP contribution < -0.4 is 0 Å². The van der Waals surface area contributed by atoms with Crippen LogP contribution in [0, 0.1) is 5.92 Å². The maximum atomic E-state index is 12.0. The van der Waals surface area contributed by atoms with Crippen molar-refractivity contribution < 1.29 is 14.6 Å². The van der Waals surface area contributed by atoms with Crippen LogP contribution in [0.25, 0.3) is 0 Å². The van der Waals surface area contributed by atoms with Crippen molar-refractivity contribution in [3.8, 4) is 0 Å². The Kier molecular flexibility index (Phi) is 3.79. The second-order valence-corrected chi connectivity index (χ2v) is 5.33. The molecule has 1 aliphatic heterocycles. The second kappa shape index (κ2) is 5.17. The zero-order valence-corrected chi connectivity index (χ0v) is 11.2. The molecule has 18 heavy (non-hydrogen) atoms. The molecule has 3 nitrogen and oxygen atoms in total. The van der Waals surface area contributed by atoms with Crippen molar-refractivity contribution in [2.24, 2.45) is 5.92 Å². The van der Waals surface area contributed by atoms with Crippen molar-refractivity contribution in [2.75, 3.05) is 0 Å². The van der Waals surface area contributed by atoms with E-state index in [1.54, 1.807) is 0 Å². The van der Waals surface area contributed by atoms with Crippen LogP contribution in [-0.2, 0) is 9.53 Å². The van der Waals surface area contributed by atoms with Gasteiger partial charge >= 0.3 is 5.97 Å². The fourth-order valence-electron chi connectivity index (χ4n) is 2.92. The SMILES string of the molecule is CC/C=C/C(C)C1=C(O)C2(CCCCC2)OC1=O. The number of hydrogen-bond donors (Lipinski definition) is 1. The van der Waals surface area contributed by atoms with E-state index in [0.29, 0.717) is 5.57 Å². The van der Waals surface area contributed by atoms with Gasteiger partial charge in [0.2, 0.25) is 0 Å². The zero-order chi connectivity index (χ0) is 13.2. The first-order chi connectivity index (χ1) is 8.60. The number of allylic oxidation sites excluding steroid dienone is 2. The monoisotopic (exact) mass is 250 g/mol. The summed E-state index contributed by atoms with van der Waals surface area (Å²) in [7, 11) is 0. The average molecular weight is 250 g/mol. The predicted molar refractivity (Wildman–Crippen MR) is 70.2 cm³/mol. The highest BCUT2D eigenvalue weighted by Crippen LogP contribution is 2.44. The first-order valence-corrected chi connectivity index (χ1v) is 6.94. The van der Waals surface area contributed by atoms with Gasteiger partial charge < -0.3 is 9.84 Å². The summed E-state index contributed by atoms with van der Waals surface area (Å²) in [6.07, 6.45) is 9.63. The normalized spacial score (nSPS) is 24.9. The summed E-state index contributed by atoms with van der Waals surface area (Å²) in [6, 6.07) is 0. The van der Waals surface area contributed by atoms with Crippen molar-refractivity contribution in [3.05, 3.63) is 23.5 Å². The van der Waals surface area contributed by atoms with E-state index in [9.17, 15) is 9.90 Å². The molecule has 0 aromatic rings. The van der Waals surface area contributed by atoms with Gasteiger partial charge in [-0.05, 0) is 32.1 Å². The Labute approximate surface area is 109 Å².